The molecule has 1 nitrogen and oxygen atoms in total. The van der Waals surface area contributed by atoms with Crippen LogP contribution in [0.5, 0.6) is 0 Å². The molecule has 0 unspecified atom stereocenters. The summed E-state index contributed by atoms with van der Waals surface area (Å²) in [7, 11) is 2.14. The average Bonchev–Trinajstić information content (AvgIpc) is 1.89. The molecule has 60 valence electrons. The summed E-state index contributed by atoms with van der Waals surface area (Å²) in [5, 5.41) is 0.965. The summed E-state index contributed by atoms with van der Waals surface area (Å²) in [5.74, 6) is 0. The third-order valence-corrected chi connectivity index (χ3v) is 1.65. The Hall–Kier alpha value is 0.180. The molecule has 0 rings (SSSR count). The summed E-state index contributed by atoms with van der Waals surface area (Å²) < 4.78 is 0. The van der Waals surface area contributed by atoms with Crippen LogP contribution in [-0.4, -0.2) is 30.4 Å². The van der Waals surface area contributed by atoms with Crippen LogP contribution >= 0.6 is 15.9 Å². The first kappa shape index (κ1) is 10.2. The Bertz CT molecular complexity index is 91.3. The summed E-state index contributed by atoms with van der Waals surface area (Å²) in [6.07, 6.45) is 5.55. The van der Waals surface area contributed by atoms with Crippen LogP contribution in [-0.2, 0) is 0 Å². The number of nitrogens with zero attached hydrogens (tertiary/aromatic N) is 1. The lowest BCUT2D eigenvalue weighted by molar-refractivity contribution is 0.370. The number of rotatable bonds is 5. The van der Waals surface area contributed by atoms with Crippen LogP contribution < -0.4 is 0 Å². The van der Waals surface area contributed by atoms with Crippen molar-refractivity contribution >= 4 is 15.9 Å². The van der Waals surface area contributed by atoms with E-state index in [0.717, 1.165) is 11.9 Å². The topological polar surface area (TPSA) is 3.24 Å². The van der Waals surface area contributed by atoms with E-state index in [0.29, 0.717) is 0 Å². The maximum Gasteiger partial charge on any atom is 0.0212 e. The number of halogens is 1. The van der Waals surface area contributed by atoms with Crippen molar-refractivity contribution in [2.75, 3.05) is 25.5 Å². The van der Waals surface area contributed by atoms with Crippen molar-refractivity contribution in [2.24, 2.45) is 0 Å². The fraction of sp³-hybridized carbons (Fsp3) is 0.750. The van der Waals surface area contributed by atoms with E-state index in [1.807, 2.05) is 0 Å². The van der Waals surface area contributed by atoms with Gasteiger partial charge in [-0.05, 0) is 20.0 Å². The molecule has 0 saturated heterocycles. The summed E-state index contributed by atoms with van der Waals surface area (Å²) in [5.41, 5.74) is 0. The van der Waals surface area contributed by atoms with Crippen molar-refractivity contribution in [3.8, 4) is 0 Å². The molecule has 0 spiro atoms. The maximum atomic E-state index is 3.33. The van der Waals surface area contributed by atoms with E-state index in [-0.39, 0.29) is 0 Å². The minimum absolute atomic E-state index is 0.965. The lowest BCUT2D eigenvalue weighted by Crippen LogP contribution is -2.18. The van der Waals surface area contributed by atoms with Gasteiger partial charge in [0.05, 0.1) is 0 Å². The largest absolute Gasteiger partial charge is 0.303 e. The molecule has 0 aliphatic rings. The summed E-state index contributed by atoms with van der Waals surface area (Å²) in [4.78, 5) is 2.30. The molecule has 0 N–H and O–H groups in total. The molecule has 0 radical (unpaired) electrons. The fourth-order valence-electron chi connectivity index (χ4n) is 0.790. The van der Waals surface area contributed by atoms with E-state index in [2.05, 4.69) is 47.0 Å². The van der Waals surface area contributed by atoms with Gasteiger partial charge in [-0.2, -0.15) is 0 Å². The van der Waals surface area contributed by atoms with E-state index in [1.165, 1.54) is 13.0 Å². The zero-order chi connectivity index (χ0) is 7.82. The molecule has 0 heterocycles. The third kappa shape index (κ3) is 6.30. The van der Waals surface area contributed by atoms with Crippen molar-refractivity contribution in [1.29, 1.82) is 0 Å². The molecule has 0 aliphatic carbocycles. The zero-order valence-corrected chi connectivity index (χ0v) is 8.39. The molecule has 0 aromatic carbocycles. The lowest BCUT2D eigenvalue weighted by Gasteiger charge is -2.11. The predicted octanol–water partition coefficient (Wildman–Crippen LogP) is 2.28. The Morgan fingerprint density at radius 3 is 2.60 bits per heavy atom. The Labute approximate surface area is 72.2 Å². The Morgan fingerprint density at radius 2 is 2.10 bits per heavy atom. The Morgan fingerprint density at radius 1 is 1.40 bits per heavy atom. The molecule has 10 heavy (non-hydrogen) atoms. The van der Waals surface area contributed by atoms with Crippen LogP contribution in [0.2, 0.25) is 0 Å². The third-order valence-electron chi connectivity index (χ3n) is 1.28. The quantitative estimate of drug-likeness (QED) is 0.492. The molecule has 0 fully saturated rings. The SMILES string of the molecule is CCCN(C)C/C=C/CBr. The number of likely N-dealkylation sites (N-methyl/N-ethyl adjacent to an activating group) is 1. The first-order chi connectivity index (χ1) is 4.81. The Kier molecular flexibility index (Phi) is 7.42. The van der Waals surface area contributed by atoms with Gasteiger partial charge in [0.25, 0.3) is 0 Å². The van der Waals surface area contributed by atoms with Gasteiger partial charge < -0.3 is 4.90 Å². The van der Waals surface area contributed by atoms with E-state index < -0.39 is 0 Å². The second-order valence-electron chi connectivity index (χ2n) is 2.39. The van der Waals surface area contributed by atoms with E-state index in [9.17, 15) is 0 Å². The number of alkyl halides is 1. The molecule has 0 aromatic rings. The van der Waals surface area contributed by atoms with Crippen LogP contribution in [0.1, 0.15) is 13.3 Å². The first-order valence-corrected chi connectivity index (χ1v) is 4.83. The van der Waals surface area contributed by atoms with E-state index in [4.69, 9.17) is 0 Å². The normalized spacial score (nSPS) is 11.6. The van der Waals surface area contributed by atoms with Crippen LogP contribution in [0.25, 0.3) is 0 Å². The van der Waals surface area contributed by atoms with Gasteiger partial charge >= 0.3 is 0 Å². The van der Waals surface area contributed by atoms with Crippen LogP contribution in [0.3, 0.4) is 0 Å². The van der Waals surface area contributed by atoms with Gasteiger partial charge in [0, 0.05) is 11.9 Å². The summed E-state index contributed by atoms with van der Waals surface area (Å²) in [6, 6.07) is 0. The van der Waals surface area contributed by atoms with Gasteiger partial charge in [-0.3, -0.25) is 0 Å². The van der Waals surface area contributed by atoms with Crippen molar-refractivity contribution in [2.45, 2.75) is 13.3 Å². The number of hydrogen-bond donors (Lipinski definition) is 0. The molecule has 0 aromatic heterocycles. The van der Waals surface area contributed by atoms with Crippen LogP contribution in [0.4, 0.5) is 0 Å². The highest BCUT2D eigenvalue weighted by molar-refractivity contribution is 9.09. The summed E-state index contributed by atoms with van der Waals surface area (Å²) >= 11 is 3.33. The highest BCUT2D eigenvalue weighted by atomic mass is 79.9. The molecule has 0 saturated carbocycles. The minimum atomic E-state index is 0.965. The van der Waals surface area contributed by atoms with Gasteiger partial charge in [0.1, 0.15) is 0 Å². The molecule has 0 atom stereocenters. The van der Waals surface area contributed by atoms with Crippen molar-refractivity contribution in [3.63, 3.8) is 0 Å². The molecule has 0 aliphatic heterocycles. The Balaban J connectivity index is 3.20. The highest BCUT2D eigenvalue weighted by Crippen LogP contribution is 1.87. The molecule has 0 bridgehead atoms. The van der Waals surface area contributed by atoms with Crippen LogP contribution in [0.15, 0.2) is 12.2 Å². The standard InChI is InChI=1S/C8H16BrN/c1-3-7-10(2)8-5-4-6-9/h4-5H,3,6-8H2,1-2H3/b5-4+. The van der Waals surface area contributed by atoms with E-state index in [1.54, 1.807) is 0 Å². The molecular weight excluding hydrogens is 190 g/mol. The monoisotopic (exact) mass is 205 g/mol. The maximum absolute atomic E-state index is 3.33. The lowest BCUT2D eigenvalue weighted by atomic mass is 10.4. The van der Waals surface area contributed by atoms with Crippen molar-refractivity contribution in [3.05, 3.63) is 12.2 Å². The zero-order valence-electron chi connectivity index (χ0n) is 6.81. The summed E-state index contributed by atoms with van der Waals surface area (Å²) in [6.45, 7) is 4.46. The van der Waals surface area contributed by atoms with Gasteiger partial charge in [-0.25, -0.2) is 0 Å². The molecule has 2 heteroatoms. The smallest absolute Gasteiger partial charge is 0.0212 e. The second kappa shape index (κ2) is 7.29. The van der Waals surface area contributed by atoms with Gasteiger partial charge in [0.2, 0.25) is 0 Å². The fourth-order valence-corrected chi connectivity index (χ4v) is 1.05. The second-order valence-corrected chi connectivity index (χ2v) is 3.04. The molecule has 0 amide bonds. The number of allylic oxidation sites excluding steroid dienone is 1. The van der Waals surface area contributed by atoms with Crippen molar-refractivity contribution < 1.29 is 0 Å². The van der Waals surface area contributed by atoms with Gasteiger partial charge in [-0.1, -0.05) is 35.0 Å². The van der Waals surface area contributed by atoms with E-state index >= 15 is 0 Å². The highest BCUT2D eigenvalue weighted by Gasteiger charge is 1.89. The predicted molar refractivity (Wildman–Crippen MR) is 50.7 cm³/mol. The first-order valence-electron chi connectivity index (χ1n) is 3.70. The van der Waals surface area contributed by atoms with Crippen molar-refractivity contribution in [1.82, 2.24) is 4.90 Å². The number of hydrogen-bond acceptors (Lipinski definition) is 1. The van der Waals surface area contributed by atoms with Crippen LogP contribution in [0, 0.1) is 0 Å². The minimum Gasteiger partial charge on any atom is -0.303 e. The van der Waals surface area contributed by atoms with Gasteiger partial charge in [0.15, 0.2) is 0 Å². The van der Waals surface area contributed by atoms with Gasteiger partial charge in [-0.15, -0.1) is 0 Å². The molecular formula is C8H16BrN. The average molecular weight is 206 g/mol.